The Bertz CT molecular complexity index is 271. The van der Waals surface area contributed by atoms with E-state index in [-0.39, 0.29) is 18.8 Å². The van der Waals surface area contributed by atoms with E-state index in [1.165, 1.54) is 12.8 Å². The average Bonchev–Trinajstić information content (AvgIpc) is 2.87. The van der Waals surface area contributed by atoms with Crippen molar-refractivity contribution in [2.24, 2.45) is 0 Å². The molecule has 1 N–H and O–H groups in total. The monoisotopic (exact) mass is 243 g/mol. The Morgan fingerprint density at radius 3 is 3.00 bits per heavy atom. The van der Waals surface area contributed by atoms with Crippen molar-refractivity contribution in [3.8, 4) is 0 Å². The van der Waals surface area contributed by atoms with Gasteiger partial charge in [-0.1, -0.05) is 0 Å². The molecule has 0 spiro atoms. The summed E-state index contributed by atoms with van der Waals surface area (Å²) in [6, 6.07) is 0.554. The van der Waals surface area contributed by atoms with E-state index in [4.69, 9.17) is 14.6 Å². The van der Waals surface area contributed by atoms with E-state index in [0.717, 1.165) is 13.0 Å². The average molecular weight is 243 g/mol. The van der Waals surface area contributed by atoms with Gasteiger partial charge in [-0.3, -0.25) is 4.79 Å². The Kier molecular flexibility index (Phi) is 4.36. The lowest BCUT2D eigenvalue weighted by Gasteiger charge is -2.22. The SMILES string of the molecule is CN1CCCC1CC1OCC(CCC(=O)O)O1. The zero-order valence-electron chi connectivity index (χ0n) is 10.3. The number of rotatable bonds is 5. The van der Waals surface area contributed by atoms with Crippen LogP contribution in [-0.2, 0) is 14.3 Å². The molecule has 3 unspecified atom stereocenters. The summed E-state index contributed by atoms with van der Waals surface area (Å²) in [7, 11) is 2.13. The van der Waals surface area contributed by atoms with Crippen molar-refractivity contribution in [3.05, 3.63) is 0 Å². The highest BCUT2D eigenvalue weighted by Crippen LogP contribution is 2.25. The fourth-order valence-electron chi connectivity index (χ4n) is 2.57. The van der Waals surface area contributed by atoms with Gasteiger partial charge in [0.15, 0.2) is 6.29 Å². The summed E-state index contributed by atoms with van der Waals surface area (Å²) in [5.41, 5.74) is 0. The number of likely N-dealkylation sites (tertiary alicyclic amines) is 1. The summed E-state index contributed by atoms with van der Waals surface area (Å²) in [6.45, 7) is 1.69. The van der Waals surface area contributed by atoms with Gasteiger partial charge in [0.25, 0.3) is 0 Å². The third-order valence-electron chi connectivity index (χ3n) is 3.63. The van der Waals surface area contributed by atoms with Crippen molar-refractivity contribution in [2.45, 2.75) is 50.5 Å². The Morgan fingerprint density at radius 1 is 1.53 bits per heavy atom. The fraction of sp³-hybridized carbons (Fsp3) is 0.917. The van der Waals surface area contributed by atoms with Crippen LogP contribution in [0.2, 0.25) is 0 Å². The van der Waals surface area contributed by atoms with Gasteiger partial charge in [-0.05, 0) is 32.9 Å². The maximum atomic E-state index is 10.5. The lowest BCUT2D eigenvalue weighted by atomic mass is 10.1. The molecular weight excluding hydrogens is 222 g/mol. The molecule has 0 aliphatic carbocycles. The largest absolute Gasteiger partial charge is 0.481 e. The second-order valence-corrected chi connectivity index (χ2v) is 4.97. The number of nitrogens with zero attached hydrogens (tertiary/aromatic N) is 1. The zero-order valence-corrected chi connectivity index (χ0v) is 10.3. The van der Waals surface area contributed by atoms with Gasteiger partial charge in [-0.25, -0.2) is 0 Å². The van der Waals surface area contributed by atoms with Gasteiger partial charge in [-0.2, -0.15) is 0 Å². The molecule has 17 heavy (non-hydrogen) atoms. The van der Waals surface area contributed by atoms with Crippen LogP contribution < -0.4 is 0 Å². The van der Waals surface area contributed by atoms with Crippen molar-refractivity contribution >= 4 is 5.97 Å². The quantitative estimate of drug-likeness (QED) is 0.783. The first-order chi connectivity index (χ1) is 8.15. The number of ether oxygens (including phenoxy) is 2. The van der Waals surface area contributed by atoms with Gasteiger partial charge < -0.3 is 19.5 Å². The first-order valence-corrected chi connectivity index (χ1v) is 6.34. The van der Waals surface area contributed by atoms with E-state index < -0.39 is 5.97 Å². The fourth-order valence-corrected chi connectivity index (χ4v) is 2.57. The highest BCUT2D eigenvalue weighted by Gasteiger charge is 2.31. The van der Waals surface area contributed by atoms with Crippen molar-refractivity contribution in [1.82, 2.24) is 4.90 Å². The minimum atomic E-state index is -0.771. The zero-order chi connectivity index (χ0) is 12.3. The van der Waals surface area contributed by atoms with Crippen molar-refractivity contribution < 1.29 is 19.4 Å². The minimum Gasteiger partial charge on any atom is -0.481 e. The van der Waals surface area contributed by atoms with Crippen molar-refractivity contribution in [1.29, 1.82) is 0 Å². The molecule has 2 aliphatic heterocycles. The van der Waals surface area contributed by atoms with Crippen LogP contribution >= 0.6 is 0 Å². The molecule has 2 saturated heterocycles. The summed E-state index contributed by atoms with van der Waals surface area (Å²) in [4.78, 5) is 12.8. The van der Waals surface area contributed by atoms with Crippen LogP contribution in [0.3, 0.4) is 0 Å². The molecule has 0 radical (unpaired) electrons. The molecular formula is C12H21NO4. The van der Waals surface area contributed by atoms with Gasteiger partial charge in [0, 0.05) is 18.9 Å². The molecule has 2 heterocycles. The normalized spacial score (nSPS) is 34.3. The van der Waals surface area contributed by atoms with E-state index >= 15 is 0 Å². The molecule has 0 saturated carbocycles. The van der Waals surface area contributed by atoms with Crippen molar-refractivity contribution in [3.63, 3.8) is 0 Å². The molecule has 98 valence electrons. The maximum absolute atomic E-state index is 10.5. The molecule has 0 aromatic heterocycles. The first kappa shape index (κ1) is 12.8. The van der Waals surface area contributed by atoms with Crippen LogP contribution in [0, 0.1) is 0 Å². The molecule has 0 bridgehead atoms. The first-order valence-electron chi connectivity index (χ1n) is 6.34. The van der Waals surface area contributed by atoms with Gasteiger partial charge in [-0.15, -0.1) is 0 Å². The molecule has 0 aromatic rings. The van der Waals surface area contributed by atoms with E-state index in [0.29, 0.717) is 19.1 Å². The van der Waals surface area contributed by atoms with Crippen LogP contribution in [0.15, 0.2) is 0 Å². The van der Waals surface area contributed by atoms with Gasteiger partial charge in [0.2, 0.25) is 0 Å². The Labute approximate surface area is 102 Å². The molecule has 3 atom stereocenters. The van der Waals surface area contributed by atoms with E-state index in [1.54, 1.807) is 0 Å². The summed E-state index contributed by atoms with van der Waals surface area (Å²) < 4.78 is 11.3. The molecule has 5 nitrogen and oxygen atoms in total. The van der Waals surface area contributed by atoms with Crippen molar-refractivity contribution in [2.75, 3.05) is 20.2 Å². The summed E-state index contributed by atoms with van der Waals surface area (Å²) in [6.07, 6.45) is 3.88. The highest BCUT2D eigenvalue weighted by molar-refractivity contribution is 5.66. The van der Waals surface area contributed by atoms with E-state index in [9.17, 15) is 4.79 Å². The molecule has 5 heteroatoms. The standard InChI is InChI=1S/C12H21NO4/c1-13-6-2-3-9(13)7-12-16-8-10(17-12)4-5-11(14)15/h9-10,12H,2-8H2,1H3,(H,14,15). The molecule has 2 rings (SSSR count). The predicted molar refractivity (Wildman–Crippen MR) is 61.8 cm³/mol. The summed E-state index contributed by atoms with van der Waals surface area (Å²) in [5.74, 6) is -0.771. The minimum absolute atomic E-state index is 0.0391. The molecule has 2 aliphatic rings. The molecule has 0 amide bonds. The van der Waals surface area contributed by atoms with Gasteiger partial charge >= 0.3 is 5.97 Å². The Balaban J connectivity index is 1.68. The third kappa shape index (κ3) is 3.66. The lowest BCUT2D eigenvalue weighted by Crippen LogP contribution is -2.29. The Morgan fingerprint density at radius 2 is 2.35 bits per heavy atom. The van der Waals surface area contributed by atoms with Crippen LogP contribution in [0.5, 0.6) is 0 Å². The number of hydrogen-bond donors (Lipinski definition) is 1. The predicted octanol–water partition coefficient (Wildman–Crippen LogP) is 1.08. The number of aliphatic carboxylic acids is 1. The number of carboxylic acid groups (broad SMARTS) is 1. The smallest absolute Gasteiger partial charge is 0.303 e. The maximum Gasteiger partial charge on any atom is 0.303 e. The topological polar surface area (TPSA) is 59.0 Å². The number of hydrogen-bond acceptors (Lipinski definition) is 4. The Hall–Kier alpha value is -0.650. The van der Waals surface area contributed by atoms with Crippen LogP contribution in [0.1, 0.15) is 32.1 Å². The second kappa shape index (κ2) is 5.80. The number of carbonyl (C=O) groups is 1. The van der Waals surface area contributed by atoms with Crippen LogP contribution in [-0.4, -0.2) is 54.6 Å². The lowest BCUT2D eigenvalue weighted by molar-refractivity contribution is -0.138. The third-order valence-corrected chi connectivity index (χ3v) is 3.63. The summed E-state index contributed by atoms with van der Waals surface area (Å²) >= 11 is 0. The van der Waals surface area contributed by atoms with E-state index in [1.807, 2.05) is 0 Å². The number of carboxylic acids is 1. The van der Waals surface area contributed by atoms with E-state index in [2.05, 4.69) is 11.9 Å². The molecule has 0 aromatic carbocycles. The summed E-state index contributed by atoms with van der Waals surface area (Å²) in [5, 5.41) is 8.60. The van der Waals surface area contributed by atoms with Crippen LogP contribution in [0.4, 0.5) is 0 Å². The van der Waals surface area contributed by atoms with Gasteiger partial charge in [0.05, 0.1) is 12.7 Å². The molecule has 2 fully saturated rings. The van der Waals surface area contributed by atoms with Crippen LogP contribution in [0.25, 0.3) is 0 Å². The second-order valence-electron chi connectivity index (χ2n) is 4.97. The van der Waals surface area contributed by atoms with Gasteiger partial charge in [0.1, 0.15) is 0 Å². The highest BCUT2D eigenvalue weighted by atomic mass is 16.7.